The minimum atomic E-state index is -0.947. The van der Waals surface area contributed by atoms with E-state index in [0.29, 0.717) is 6.54 Å². The second-order valence-corrected chi connectivity index (χ2v) is 5.74. The number of hydrogen-bond donors (Lipinski definition) is 3. The number of urea groups is 1. The molecule has 0 saturated carbocycles. The number of carboxylic acids is 1. The molecule has 0 saturated heterocycles. The molecular weight excluding hydrogens is 220 g/mol. The lowest BCUT2D eigenvalue weighted by molar-refractivity contribution is -0.146. The minimum absolute atomic E-state index is 0.0552. The lowest BCUT2D eigenvalue weighted by atomic mass is 9.90. The average molecular weight is 244 g/mol. The van der Waals surface area contributed by atoms with Gasteiger partial charge in [0, 0.05) is 13.1 Å². The van der Waals surface area contributed by atoms with Gasteiger partial charge in [0.2, 0.25) is 0 Å². The molecule has 0 unspecified atom stereocenters. The predicted octanol–water partition coefficient (Wildman–Crippen LogP) is 1.83. The third-order valence-electron chi connectivity index (χ3n) is 2.95. The highest BCUT2D eigenvalue weighted by molar-refractivity contribution is 5.77. The lowest BCUT2D eigenvalue weighted by Gasteiger charge is -2.24. The number of nitrogens with one attached hydrogen (secondary N) is 2. The van der Waals surface area contributed by atoms with Gasteiger partial charge in [0.25, 0.3) is 0 Å². The van der Waals surface area contributed by atoms with Gasteiger partial charge in [-0.15, -0.1) is 0 Å². The van der Waals surface area contributed by atoms with E-state index in [2.05, 4.69) is 31.4 Å². The molecule has 0 atom stereocenters. The fraction of sp³-hybridized carbons (Fsp3) is 0.833. The second-order valence-electron chi connectivity index (χ2n) is 5.74. The minimum Gasteiger partial charge on any atom is -0.481 e. The van der Waals surface area contributed by atoms with Gasteiger partial charge in [-0.3, -0.25) is 4.79 Å². The molecule has 0 spiro atoms. The molecule has 0 aromatic carbocycles. The third-order valence-corrected chi connectivity index (χ3v) is 2.95. The summed E-state index contributed by atoms with van der Waals surface area (Å²) >= 11 is 0. The molecule has 0 aromatic rings. The van der Waals surface area contributed by atoms with Gasteiger partial charge < -0.3 is 15.7 Å². The largest absolute Gasteiger partial charge is 0.481 e. The van der Waals surface area contributed by atoms with E-state index in [4.69, 9.17) is 5.11 Å². The number of amides is 2. The van der Waals surface area contributed by atoms with Gasteiger partial charge in [0.15, 0.2) is 0 Å². The summed E-state index contributed by atoms with van der Waals surface area (Å²) in [7, 11) is 0. The van der Waals surface area contributed by atoms with E-state index in [1.807, 2.05) is 0 Å². The van der Waals surface area contributed by atoms with Gasteiger partial charge in [-0.25, -0.2) is 4.79 Å². The van der Waals surface area contributed by atoms with Crippen molar-refractivity contribution in [1.29, 1.82) is 0 Å². The first-order valence-corrected chi connectivity index (χ1v) is 5.86. The topological polar surface area (TPSA) is 78.4 Å². The maximum atomic E-state index is 11.5. The summed E-state index contributed by atoms with van der Waals surface area (Å²) in [5, 5.41) is 14.2. The first kappa shape index (κ1) is 15.7. The van der Waals surface area contributed by atoms with Crippen LogP contribution in [0.25, 0.3) is 0 Å². The van der Waals surface area contributed by atoms with E-state index in [1.54, 1.807) is 13.8 Å². The van der Waals surface area contributed by atoms with Crippen molar-refractivity contribution in [2.45, 2.75) is 41.0 Å². The molecule has 3 N–H and O–H groups in total. The molecule has 2 amide bonds. The van der Waals surface area contributed by atoms with Crippen LogP contribution in [0, 0.1) is 10.8 Å². The molecule has 0 radical (unpaired) electrons. The maximum absolute atomic E-state index is 11.5. The zero-order chi connectivity index (χ0) is 13.7. The van der Waals surface area contributed by atoms with E-state index in [0.717, 1.165) is 6.42 Å². The highest BCUT2D eigenvalue weighted by Gasteiger charge is 2.27. The highest BCUT2D eigenvalue weighted by Crippen LogP contribution is 2.17. The molecular formula is C12H24N2O3. The van der Waals surface area contributed by atoms with Gasteiger partial charge in [0.05, 0.1) is 5.41 Å². The van der Waals surface area contributed by atoms with Crippen LogP contribution >= 0.6 is 0 Å². The monoisotopic (exact) mass is 244 g/mol. The Labute approximate surface area is 103 Å². The molecule has 100 valence electrons. The number of carbonyl (C=O) groups excluding carboxylic acids is 1. The zero-order valence-corrected chi connectivity index (χ0v) is 11.4. The molecule has 0 bridgehead atoms. The van der Waals surface area contributed by atoms with Crippen molar-refractivity contribution in [1.82, 2.24) is 10.6 Å². The SMILES string of the molecule is CCC(C)(C)CNC(=O)NCC(C)(C)C(=O)O. The van der Waals surface area contributed by atoms with Crippen molar-refractivity contribution in [2.24, 2.45) is 10.8 Å². The molecule has 0 fully saturated rings. The Morgan fingerprint density at radius 1 is 1.06 bits per heavy atom. The van der Waals surface area contributed by atoms with Crippen LogP contribution in [0.15, 0.2) is 0 Å². The Kier molecular flexibility index (Phi) is 5.45. The molecule has 17 heavy (non-hydrogen) atoms. The molecule has 0 rings (SSSR count). The third kappa shape index (κ3) is 6.14. The Bertz CT molecular complexity index is 285. The van der Waals surface area contributed by atoms with Gasteiger partial charge >= 0.3 is 12.0 Å². The lowest BCUT2D eigenvalue weighted by Crippen LogP contribution is -2.45. The summed E-state index contributed by atoms with van der Waals surface area (Å²) in [6.07, 6.45) is 0.966. The Morgan fingerprint density at radius 2 is 1.53 bits per heavy atom. The normalized spacial score (nSPS) is 12.1. The van der Waals surface area contributed by atoms with Crippen LogP contribution in [0.4, 0.5) is 4.79 Å². The summed E-state index contributed by atoms with van der Waals surface area (Å²) in [5.74, 6) is -0.924. The summed E-state index contributed by atoms with van der Waals surface area (Å²) in [5.41, 5.74) is -0.892. The van der Waals surface area contributed by atoms with Crippen LogP contribution in [-0.4, -0.2) is 30.2 Å². The smallest absolute Gasteiger partial charge is 0.314 e. The van der Waals surface area contributed by atoms with Crippen molar-refractivity contribution in [2.75, 3.05) is 13.1 Å². The highest BCUT2D eigenvalue weighted by atomic mass is 16.4. The fourth-order valence-corrected chi connectivity index (χ4v) is 0.884. The number of hydrogen-bond acceptors (Lipinski definition) is 2. The standard InChI is InChI=1S/C12H24N2O3/c1-6-11(2,3)7-13-10(17)14-8-12(4,5)9(15)16/h6-8H2,1-5H3,(H,15,16)(H2,13,14,17). The van der Waals surface area contributed by atoms with E-state index in [1.165, 1.54) is 0 Å². The summed E-state index contributed by atoms with van der Waals surface area (Å²) in [4.78, 5) is 22.3. The first-order valence-electron chi connectivity index (χ1n) is 5.86. The quantitative estimate of drug-likeness (QED) is 0.667. The van der Waals surface area contributed by atoms with Crippen LogP contribution < -0.4 is 10.6 Å². The summed E-state index contributed by atoms with van der Waals surface area (Å²) in [6, 6.07) is -0.319. The van der Waals surface area contributed by atoms with Gasteiger partial charge in [-0.2, -0.15) is 0 Å². The second kappa shape index (κ2) is 5.89. The average Bonchev–Trinajstić information content (AvgIpc) is 2.23. The van der Waals surface area contributed by atoms with Crippen molar-refractivity contribution in [3.8, 4) is 0 Å². The number of aliphatic carboxylic acids is 1. The number of carboxylic acid groups (broad SMARTS) is 1. The van der Waals surface area contributed by atoms with Crippen LogP contribution in [0.1, 0.15) is 41.0 Å². The molecule has 0 aliphatic carbocycles. The van der Waals surface area contributed by atoms with E-state index in [-0.39, 0.29) is 18.0 Å². The van der Waals surface area contributed by atoms with Crippen molar-refractivity contribution >= 4 is 12.0 Å². The van der Waals surface area contributed by atoms with Gasteiger partial charge in [-0.05, 0) is 25.7 Å². The molecule has 0 heterocycles. The summed E-state index contributed by atoms with van der Waals surface area (Å²) < 4.78 is 0. The molecule has 0 aliphatic rings. The molecule has 5 heteroatoms. The van der Waals surface area contributed by atoms with Gasteiger partial charge in [-0.1, -0.05) is 20.8 Å². The first-order chi connectivity index (χ1) is 7.60. The Hall–Kier alpha value is -1.26. The van der Waals surface area contributed by atoms with Crippen LogP contribution in [0.3, 0.4) is 0 Å². The maximum Gasteiger partial charge on any atom is 0.314 e. The number of rotatable bonds is 6. The molecule has 0 aliphatic heterocycles. The molecule has 5 nitrogen and oxygen atoms in total. The van der Waals surface area contributed by atoms with Crippen LogP contribution in [0.5, 0.6) is 0 Å². The van der Waals surface area contributed by atoms with Crippen molar-refractivity contribution in [3.05, 3.63) is 0 Å². The molecule has 0 aromatic heterocycles. The Balaban J connectivity index is 4.01. The fourth-order valence-electron chi connectivity index (χ4n) is 0.884. The van der Waals surface area contributed by atoms with E-state index in [9.17, 15) is 9.59 Å². The number of carbonyl (C=O) groups is 2. The van der Waals surface area contributed by atoms with E-state index < -0.39 is 11.4 Å². The zero-order valence-electron chi connectivity index (χ0n) is 11.4. The predicted molar refractivity (Wildman–Crippen MR) is 66.9 cm³/mol. The van der Waals surface area contributed by atoms with Crippen molar-refractivity contribution < 1.29 is 14.7 Å². The van der Waals surface area contributed by atoms with E-state index >= 15 is 0 Å². The van der Waals surface area contributed by atoms with Crippen LogP contribution in [0.2, 0.25) is 0 Å². The van der Waals surface area contributed by atoms with Crippen LogP contribution in [-0.2, 0) is 4.79 Å². The van der Waals surface area contributed by atoms with Gasteiger partial charge in [0.1, 0.15) is 0 Å². The summed E-state index contributed by atoms with van der Waals surface area (Å²) in [6.45, 7) is 10.0. The Morgan fingerprint density at radius 3 is 1.94 bits per heavy atom. The van der Waals surface area contributed by atoms with Crippen molar-refractivity contribution in [3.63, 3.8) is 0 Å².